The van der Waals surface area contributed by atoms with Crippen LogP contribution in [-0.2, 0) is 26.0 Å². The van der Waals surface area contributed by atoms with Gasteiger partial charge in [-0.3, -0.25) is 9.59 Å². The van der Waals surface area contributed by atoms with Gasteiger partial charge in [0.2, 0.25) is 11.8 Å². The van der Waals surface area contributed by atoms with E-state index >= 15 is 0 Å². The standard InChI is InChI=1S/C22H27N3O4S/c1-3-25(4-2)22(27)20(16-18-10-12-19(23)13-11-18)21(26)24-30(28,29)15-14-17-8-6-5-7-9-17/h5-15,20H,3-4,16,23H2,1-2H3,(H,24,26). The Kier molecular flexibility index (Phi) is 8.17. The van der Waals surface area contributed by atoms with Gasteiger partial charge in [-0.05, 0) is 49.6 Å². The van der Waals surface area contributed by atoms with Crippen LogP contribution in [-0.4, -0.2) is 38.2 Å². The fraction of sp³-hybridized carbons (Fsp3) is 0.273. The van der Waals surface area contributed by atoms with Crippen LogP contribution in [0.15, 0.2) is 60.0 Å². The minimum absolute atomic E-state index is 0.0688. The highest BCUT2D eigenvalue weighted by Gasteiger charge is 2.31. The smallest absolute Gasteiger partial charge is 0.257 e. The molecule has 160 valence electrons. The maximum atomic E-state index is 12.9. The molecule has 0 fully saturated rings. The molecule has 1 atom stereocenters. The topological polar surface area (TPSA) is 110 Å². The molecule has 0 spiro atoms. The van der Waals surface area contributed by atoms with Crippen LogP contribution in [0, 0.1) is 5.92 Å². The highest BCUT2D eigenvalue weighted by molar-refractivity contribution is 7.93. The Labute approximate surface area is 177 Å². The third kappa shape index (κ3) is 6.73. The first-order valence-electron chi connectivity index (χ1n) is 9.68. The number of hydrogen-bond acceptors (Lipinski definition) is 5. The summed E-state index contributed by atoms with van der Waals surface area (Å²) in [5, 5.41) is 0.919. The minimum Gasteiger partial charge on any atom is -0.399 e. The predicted octanol–water partition coefficient (Wildman–Crippen LogP) is 2.41. The summed E-state index contributed by atoms with van der Waals surface area (Å²) in [5.74, 6) is -2.45. The van der Waals surface area contributed by atoms with Crippen molar-refractivity contribution >= 4 is 33.6 Å². The number of rotatable bonds is 9. The maximum absolute atomic E-state index is 12.9. The third-order valence-corrected chi connectivity index (χ3v) is 5.57. The number of nitrogens with one attached hydrogen (secondary N) is 1. The number of nitrogen functional groups attached to an aromatic ring is 1. The number of nitrogens with two attached hydrogens (primary N) is 1. The average molecular weight is 430 g/mol. The molecule has 2 rings (SSSR count). The first-order chi connectivity index (χ1) is 14.3. The van der Waals surface area contributed by atoms with E-state index in [-0.39, 0.29) is 6.42 Å². The zero-order chi connectivity index (χ0) is 22.1. The quantitative estimate of drug-likeness (QED) is 0.470. The van der Waals surface area contributed by atoms with Crippen LogP contribution in [0.5, 0.6) is 0 Å². The van der Waals surface area contributed by atoms with E-state index in [0.29, 0.717) is 29.9 Å². The molecule has 0 saturated heterocycles. The Hall–Kier alpha value is -3.13. The fourth-order valence-electron chi connectivity index (χ4n) is 2.91. The molecule has 7 nitrogen and oxygen atoms in total. The number of carbonyl (C=O) groups excluding carboxylic acids is 2. The van der Waals surface area contributed by atoms with E-state index in [1.807, 2.05) is 10.8 Å². The van der Waals surface area contributed by atoms with Crippen LogP contribution in [0.25, 0.3) is 6.08 Å². The molecule has 0 saturated carbocycles. The molecule has 0 aliphatic rings. The summed E-state index contributed by atoms with van der Waals surface area (Å²) in [6.45, 7) is 4.45. The van der Waals surface area contributed by atoms with Gasteiger partial charge in [-0.25, -0.2) is 13.1 Å². The Morgan fingerprint density at radius 3 is 2.20 bits per heavy atom. The number of nitrogens with zero attached hydrogens (tertiary/aromatic N) is 1. The number of carbonyl (C=O) groups is 2. The second kappa shape index (κ2) is 10.6. The molecule has 3 N–H and O–H groups in total. The monoisotopic (exact) mass is 429 g/mol. The van der Waals surface area contributed by atoms with Gasteiger partial charge in [0.1, 0.15) is 5.92 Å². The van der Waals surface area contributed by atoms with Gasteiger partial charge >= 0.3 is 0 Å². The fourth-order valence-corrected chi connectivity index (χ4v) is 3.74. The lowest BCUT2D eigenvalue weighted by Crippen LogP contribution is -2.45. The van der Waals surface area contributed by atoms with Gasteiger partial charge in [0.05, 0.1) is 5.41 Å². The lowest BCUT2D eigenvalue weighted by Gasteiger charge is -2.24. The average Bonchev–Trinajstić information content (AvgIpc) is 2.73. The maximum Gasteiger partial charge on any atom is 0.257 e. The summed E-state index contributed by atoms with van der Waals surface area (Å²) >= 11 is 0. The van der Waals surface area contributed by atoms with Crippen LogP contribution >= 0.6 is 0 Å². The summed E-state index contributed by atoms with van der Waals surface area (Å²) in [5.41, 5.74) is 7.63. The van der Waals surface area contributed by atoms with Gasteiger partial charge in [0.25, 0.3) is 10.0 Å². The molecule has 2 aromatic carbocycles. The highest BCUT2D eigenvalue weighted by atomic mass is 32.2. The molecule has 0 aliphatic heterocycles. The zero-order valence-corrected chi connectivity index (χ0v) is 17.9. The van der Waals surface area contributed by atoms with Crippen molar-refractivity contribution in [2.45, 2.75) is 20.3 Å². The predicted molar refractivity (Wildman–Crippen MR) is 119 cm³/mol. The van der Waals surface area contributed by atoms with Crippen molar-refractivity contribution < 1.29 is 18.0 Å². The van der Waals surface area contributed by atoms with Gasteiger partial charge in [-0.1, -0.05) is 42.5 Å². The van der Waals surface area contributed by atoms with E-state index in [0.717, 1.165) is 5.41 Å². The normalized spacial score (nSPS) is 12.5. The van der Waals surface area contributed by atoms with Crippen LogP contribution in [0.3, 0.4) is 0 Å². The molecule has 30 heavy (non-hydrogen) atoms. The Balaban J connectivity index is 2.23. The zero-order valence-electron chi connectivity index (χ0n) is 17.1. The molecular formula is C22H27N3O4S. The van der Waals surface area contributed by atoms with Crippen LogP contribution in [0.4, 0.5) is 5.69 Å². The molecule has 0 heterocycles. The van der Waals surface area contributed by atoms with E-state index in [4.69, 9.17) is 5.73 Å². The lowest BCUT2D eigenvalue weighted by molar-refractivity contribution is -0.141. The first kappa shape index (κ1) is 23.2. The summed E-state index contributed by atoms with van der Waals surface area (Å²) in [6, 6.07) is 15.6. The molecule has 8 heteroatoms. The van der Waals surface area contributed by atoms with Crippen LogP contribution in [0.1, 0.15) is 25.0 Å². The van der Waals surface area contributed by atoms with E-state index in [1.54, 1.807) is 62.4 Å². The van der Waals surface area contributed by atoms with E-state index in [1.165, 1.54) is 11.0 Å². The third-order valence-electron chi connectivity index (χ3n) is 4.59. The van der Waals surface area contributed by atoms with Crippen molar-refractivity contribution in [1.82, 2.24) is 9.62 Å². The van der Waals surface area contributed by atoms with E-state index in [2.05, 4.69) is 0 Å². The highest BCUT2D eigenvalue weighted by Crippen LogP contribution is 2.15. The molecule has 0 bridgehead atoms. The van der Waals surface area contributed by atoms with Crippen LogP contribution in [0.2, 0.25) is 0 Å². The molecule has 2 amide bonds. The summed E-state index contributed by atoms with van der Waals surface area (Å²) in [7, 11) is -4.07. The second-order valence-corrected chi connectivity index (χ2v) is 8.30. The molecule has 1 unspecified atom stereocenters. The Morgan fingerprint density at radius 2 is 1.63 bits per heavy atom. The molecule has 0 aromatic heterocycles. The molecular weight excluding hydrogens is 402 g/mol. The first-order valence-corrected chi connectivity index (χ1v) is 11.2. The van der Waals surface area contributed by atoms with Crippen molar-refractivity contribution in [1.29, 1.82) is 0 Å². The van der Waals surface area contributed by atoms with Crippen LogP contribution < -0.4 is 10.5 Å². The minimum atomic E-state index is -4.07. The van der Waals surface area contributed by atoms with Crippen molar-refractivity contribution in [3.05, 3.63) is 71.1 Å². The van der Waals surface area contributed by atoms with E-state index in [9.17, 15) is 18.0 Å². The van der Waals surface area contributed by atoms with Crippen molar-refractivity contribution in [3.63, 3.8) is 0 Å². The van der Waals surface area contributed by atoms with Gasteiger partial charge in [-0.2, -0.15) is 0 Å². The largest absolute Gasteiger partial charge is 0.399 e. The molecule has 0 radical (unpaired) electrons. The van der Waals surface area contributed by atoms with Gasteiger partial charge in [0.15, 0.2) is 0 Å². The van der Waals surface area contributed by atoms with Gasteiger partial charge in [0, 0.05) is 18.8 Å². The van der Waals surface area contributed by atoms with Gasteiger partial charge < -0.3 is 10.6 Å². The number of amides is 2. The van der Waals surface area contributed by atoms with Gasteiger partial charge in [-0.15, -0.1) is 0 Å². The Bertz CT molecular complexity index is 983. The van der Waals surface area contributed by atoms with E-state index < -0.39 is 27.8 Å². The lowest BCUT2D eigenvalue weighted by atomic mass is 9.97. The molecule has 0 aliphatic carbocycles. The van der Waals surface area contributed by atoms with Crippen molar-refractivity contribution in [2.24, 2.45) is 5.92 Å². The number of sulfonamides is 1. The SMILES string of the molecule is CCN(CC)C(=O)C(Cc1ccc(N)cc1)C(=O)NS(=O)(=O)C=Cc1ccccc1. The second-order valence-electron chi connectivity index (χ2n) is 6.73. The molecule has 2 aromatic rings. The number of hydrogen-bond donors (Lipinski definition) is 2. The summed E-state index contributed by atoms with van der Waals surface area (Å²) in [6.07, 6.45) is 1.45. The number of benzene rings is 2. The summed E-state index contributed by atoms with van der Waals surface area (Å²) in [4.78, 5) is 27.2. The van der Waals surface area contributed by atoms with Crippen molar-refractivity contribution in [3.8, 4) is 0 Å². The Morgan fingerprint density at radius 1 is 1.03 bits per heavy atom. The number of anilines is 1. The summed E-state index contributed by atoms with van der Waals surface area (Å²) < 4.78 is 26.8. The van der Waals surface area contributed by atoms with Crippen molar-refractivity contribution in [2.75, 3.05) is 18.8 Å².